The van der Waals surface area contributed by atoms with Crippen LogP contribution >= 0.6 is 11.6 Å². The van der Waals surface area contributed by atoms with Gasteiger partial charge in [-0.15, -0.1) is 0 Å². The second-order valence-electron chi connectivity index (χ2n) is 5.44. The minimum Gasteiger partial charge on any atom is -0.360 e. The lowest BCUT2D eigenvalue weighted by Crippen LogP contribution is -2.24. The van der Waals surface area contributed by atoms with Crippen molar-refractivity contribution in [3.8, 4) is 0 Å². The minimum atomic E-state index is -0.315. The second kappa shape index (κ2) is 7.31. The molecule has 1 aromatic carbocycles. The first-order chi connectivity index (χ1) is 12.0. The number of carbonyl (C=O) groups is 1. The van der Waals surface area contributed by atoms with E-state index in [4.69, 9.17) is 16.1 Å². The van der Waals surface area contributed by atoms with Gasteiger partial charge in [-0.3, -0.25) is 4.79 Å². The Morgan fingerprint density at radius 1 is 1.20 bits per heavy atom. The summed E-state index contributed by atoms with van der Waals surface area (Å²) in [5.74, 6) is 1.10. The summed E-state index contributed by atoms with van der Waals surface area (Å²) < 4.78 is 4.98. The summed E-state index contributed by atoms with van der Waals surface area (Å²) in [6, 6.07) is 10.7. The quantitative estimate of drug-likeness (QED) is 0.726. The predicted molar refractivity (Wildman–Crippen MR) is 93.9 cm³/mol. The standard InChI is InChI=1S/C17H16ClN5O2/c1-10-7-14(16(24)19-9-12-5-3-4-6-13(12)18)21-17(20-10)22-15-8-11(2)25-23-15/h3-8H,9H2,1-2H3,(H,19,24)(H,20,21,22,23). The summed E-state index contributed by atoms with van der Waals surface area (Å²) in [5.41, 5.74) is 1.74. The van der Waals surface area contributed by atoms with Gasteiger partial charge in [-0.2, -0.15) is 0 Å². The fourth-order valence-corrected chi connectivity index (χ4v) is 2.39. The van der Waals surface area contributed by atoms with Gasteiger partial charge in [0.2, 0.25) is 5.95 Å². The van der Waals surface area contributed by atoms with Crippen LogP contribution in [0.3, 0.4) is 0 Å². The number of aryl methyl sites for hydroxylation is 2. The van der Waals surface area contributed by atoms with E-state index in [0.717, 1.165) is 5.56 Å². The molecule has 0 aliphatic carbocycles. The van der Waals surface area contributed by atoms with Gasteiger partial charge in [0.05, 0.1) is 0 Å². The molecule has 0 atom stereocenters. The molecule has 0 bridgehead atoms. The maximum atomic E-state index is 12.4. The Kier molecular flexibility index (Phi) is 4.95. The van der Waals surface area contributed by atoms with Crippen molar-refractivity contribution in [2.75, 3.05) is 5.32 Å². The zero-order valence-corrected chi connectivity index (χ0v) is 14.5. The highest BCUT2D eigenvalue weighted by molar-refractivity contribution is 6.31. The highest BCUT2D eigenvalue weighted by atomic mass is 35.5. The van der Waals surface area contributed by atoms with Crippen LogP contribution in [0, 0.1) is 13.8 Å². The maximum Gasteiger partial charge on any atom is 0.270 e. The van der Waals surface area contributed by atoms with Crippen molar-refractivity contribution in [2.24, 2.45) is 0 Å². The fourth-order valence-electron chi connectivity index (χ4n) is 2.19. The molecule has 3 rings (SSSR count). The van der Waals surface area contributed by atoms with Gasteiger partial charge in [-0.25, -0.2) is 9.97 Å². The number of nitrogens with one attached hydrogen (secondary N) is 2. The molecule has 2 aromatic heterocycles. The number of rotatable bonds is 5. The molecule has 25 heavy (non-hydrogen) atoms. The molecule has 2 heterocycles. The lowest BCUT2D eigenvalue weighted by molar-refractivity contribution is 0.0946. The van der Waals surface area contributed by atoms with Gasteiger partial charge in [0.25, 0.3) is 5.91 Å². The molecular weight excluding hydrogens is 342 g/mol. The first-order valence-electron chi connectivity index (χ1n) is 7.59. The highest BCUT2D eigenvalue weighted by Crippen LogP contribution is 2.16. The van der Waals surface area contributed by atoms with E-state index in [0.29, 0.717) is 28.8 Å². The van der Waals surface area contributed by atoms with Crippen LogP contribution < -0.4 is 10.6 Å². The van der Waals surface area contributed by atoms with Crippen LogP contribution in [-0.4, -0.2) is 21.0 Å². The normalized spacial score (nSPS) is 10.5. The van der Waals surface area contributed by atoms with Gasteiger partial charge in [0, 0.05) is 23.3 Å². The van der Waals surface area contributed by atoms with Gasteiger partial charge < -0.3 is 15.2 Å². The van der Waals surface area contributed by atoms with Crippen molar-refractivity contribution in [3.05, 3.63) is 64.1 Å². The number of carbonyl (C=O) groups excluding carboxylic acids is 1. The van der Waals surface area contributed by atoms with Gasteiger partial charge in [-0.05, 0) is 31.5 Å². The number of benzene rings is 1. The van der Waals surface area contributed by atoms with Crippen LogP contribution in [0.1, 0.15) is 27.5 Å². The summed E-state index contributed by atoms with van der Waals surface area (Å²) in [6.45, 7) is 3.88. The molecule has 0 unspecified atom stereocenters. The average molecular weight is 358 g/mol. The van der Waals surface area contributed by atoms with Crippen LogP contribution in [0.25, 0.3) is 0 Å². The molecule has 3 aromatic rings. The van der Waals surface area contributed by atoms with Crippen LogP contribution in [0.2, 0.25) is 5.02 Å². The molecule has 8 heteroatoms. The van der Waals surface area contributed by atoms with Crippen LogP contribution in [-0.2, 0) is 6.54 Å². The van der Waals surface area contributed by atoms with Gasteiger partial charge in [-0.1, -0.05) is 35.0 Å². The van der Waals surface area contributed by atoms with E-state index >= 15 is 0 Å². The van der Waals surface area contributed by atoms with E-state index in [9.17, 15) is 4.79 Å². The first-order valence-corrected chi connectivity index (χ1v) is 7.96. The monoisotopic (exact) mass is 357 g/mol. The first kappa shape index (κ1) is 16.9. The second-order valence-corrected chi connectivity index (χ2v) is 5.85. The maximum absolute atomic E-state index is 12.4. The summed E-state index contributed by atoms with van der Waals surface area (Å²) in [4.78, 5) is 20.9. The molecule has 0 saturated carbocycles. The molecule has 0 spiro atoms. The number of amides is 1. The zero-order valence-electron chi connectivity index (χ0n) is 13.7. The Hall–Kier alpha value is -2.93. The molecule has 0 aliphatic rings. The van der Waals surface area contributed by atoms with E-state index in [1.165, 1.54) is 0 Å². The molecule has 0 aliphatic heterocycles. The third kappa shape index (κ3) is 4.33. The molecule has 0 saturated heterocycles. The van der Waals surface area contributed by atoms with Crippen molar-refractivity contribution in [1.29, 1.82) is 0 Å². The van der Waals surface area contributed by atoms with Crippen molar-refractivity contribution in [3.63, 3.8) is 0 Å². The van der Waals surface area contributed by atoms with E-state index < -0.39 is 0 Å². The topological polar surface area (TPSA) is 92.9 Å². The molecule has 128 valence electrons. The van der Waals surface area contributed by atoms with Crippen LogP contribution in [0.5, 0.6) is 0 Å². The summed E-state index contributed by atoms with van der Waals surface area (Å²) in [5, 5.41) is 10.1. The molecule has 0 fully saturated rings. The van der Waals surface area contributed by atoms with Crippen molar-refractivity contribution >= 4 is 29.3 Å². The Morgan fingerprint density at radius 3 is 2.72 bits per heavy atom. The zero-order chi connectivity index (χ0) is 17.8. The number of aromatic nitrogens is 3. The fraction of sp³-hybridized carbons (Fsp3) is 0.176. The molecule has 2 N–H and O–H groups in total. The van der Waals surface area contributed by atoms with Gasteiger partial charge >= 0.3 is 0 Å². The highest BCUT2D eigenvalue weighted by Gasteiger charge is 2.12. The van der Waals surface area contributed by atoms with Crippen LogP contribution in [0.15, 0.2) is 40.9 Å². The molecule has 1 amide bonds. The molecule has 0 radical (unpaired) electrons. The van der Waals surface area contributed by atoms with Gasteiger partial charge in [0.15, 0.2) is 5.82 Å². The number of hydrogen-bond acceptors (Lipinski definition) is 6. The average Bonchev–Trinajstić information content (AvgIpc) is 2.98. The predicted octanol–water partition coefficient (Wildman–Crippen LogP) is 3.41. The Labute approximate surface area is 149 Å². The van der Waals surface area contributed by atoms with Gasteiger partial charge in [0.1, 0.15) is 11.5 Å². The van der Waals surface area contributed by atoms with Crippen molar-refractivity contribution in [1.82, 2.24) is 20.4 Å². The number of anilines is 2. The van der Waals surface area contributed by atoms with Crippen molar-refractivity contribution in [2.45, 2.75) is 20.4 Å². The summed E-state index contributed by atoms with van der Waals surface area (Å²) in [6.07, 6.45) is 0. The lowest BCUT2D eigenvalue weighted by atomic mass is 10.2. The van der Waals surface area contributed by atoms with Crippen molar-refractivity contribution < 1.29 is 9.32 Å². The Balaban J connectivity index is 1.72. The lowest BCUT2D eigenvalue weighted by Gasteiger charge is -2.08. The third-order valence-electron chi connectivity index (χ3n) is 3.35. The molecular formula is C17H16ClN5O2. The SMILES string of the molecule is Cc1cc(C(=O)NCc2ccccc2Cl)nc(Nc2cc(C)on2)n1. The largest absolute Gasteiger partial charge is 0.360 e. The van der Waals surface area contributed by atoms with E-state index in [-0.39, 0.29) is 17.5 Å². The Morgan fingerprint density at radius 2 is 2.00 bits per heavy atom. The number of nitrogens with zero attached hydrogens (tertiary/aromatic N) is 3. The van der Waals surface area contributed by atoms with E-state index in [2.05, 4.69) is 25.8 Å². The number of halogens is 1. The minimum absolute atomic E-state index is 0.252. The molecule has 7 nitrogen and oxygen atoms in total. The summed E-state index contributed by atoms with van der Waals surface area (Å²) in [7, 11) is 0. The summed E-state index contributed by atoms with van der Waals surface area (Å²) >= 11 is 6.09. The third-order valence-corrected chi connectivity index (χ3v) is 3.72. The number of hydrogen-bond donors (Lipinski definition) is 2. The Bertz CT molecular complexity index is 910. The van der Waals surface area contributed by atoms with E-state index in [1.807, 2.05) is 18.2 Å². The van der Waals surface area contributed by atoms with Crippen LogP contribution in [0.4, 0.5) is 11.8 Å². The van der Waals surface area contributed by atoms with E-state index in [1.54, 1.807) is 32.0 Å². The smallest absolute Gasteiger partial charge is 0.270 e.